The molecule has 4 N–H and O–H groups in total. The Hall–Kier alpha value is -2.46. The van der Waals surface area contributed by atoms with E-state index in [0.29, 0.717) is 11.7 Å². The summed E-state index contributed by atoms with van der Waals surface area (Å²) in [5.74, 6) is 1.07. The predicted molar refractivity (Wildman–Crippen MR) is 95.9 cm³/mol. The second kappa shape index (κ2) is 6.75. The molecule has 23 heavy (non-hydrogen) atoms. The van der Waals surface area contributed by atoms with Crippen LogP contribution in [0.2, 0.25) is 0 Å². The van der Waals surface area contributed by atoms with Gasteiger partial charge in [0.25, 0.3) is 0 Å². The van der Waals surface area contributed by atoms with E-state index in [4.69, 9.17) is 16.5 Å². The van der Waals surface area contributed by atoms with Crippen molar-refractivity contribution in [3.63, 3.8) is 0 Å². The number of rotatable bonds is 5. The van der Waals surface area contributed by atoms with Crippen molar-refractivity contribution in [3.05, 3.63) is 54.4 Å². The van der Waals surface area contributed by atoms with Crippen LogP contribution in [0.15, 0.2) is 48.7 Å². The lowest BCUT2D eigenvalue weighted by molar-refractivity contribution is 0.541. The molecule has 4 heteroatoms. The van der Waals surface area contributed by atoms with Crippen molar-refractivity contribution in [1.29, 1.82) is 0 Å². The Morgan fingerprint density at radius 2 is 1.87 bits per heavy atom. The van der Waals surface area contributed by atoms with Gasteiger partial charge in [0, 0.05) is 17.3 Å². The number of nitrogen functional groups attached to an aromatic ring is 1. The number of anilines is 1. The molecule has 2 aromatic heterocycles. The molecule has 3 rings (SSSR count). The highest BCUT2D eigenvalue weighted by Crippen LogP contribution is 2.24. The van der Waals surface area contributed by atoms with E-state index in [1.165, 1.54) is 0 Å². The molecule has 1 unspecified atom stereocenters. The molecule has 118 valence electrons. The van der Waals surface area contributed by atoms with Crippen LogP contribution in [-0.2, 0) is 6.42 Å². The quantitative estimate of drug-likeness (QED) is 0.757. The summed E-state index contributed by atoms with van der Waals surface area (Å²) in [6.07, 6.45) is 3.77. The third-order valence-electron chi connectivity index (χ3n) is 4.16. The normalized spacial score (nSPS) is 12.4. The van der Waals surface area contributed by atoms with E-state index < -0.39 is 0 Å². The van der Waals surface area contributed by atoms with Gasteiger partial charge in [0.05, 0.1) is 5.52 Å². The summed E-state index contributed by atoms with van der Waals surface area (Å²) >= 11 is 0. The van der Waals surface area contributed by atoms with Gasteiger partial charge in [-0.1, -0.05) is 19.1 Å². The number of nitrogens with two attached hydrogens (primary N) is 2. The molecule has 4 nitrogen and oxygen atoms in total. The van der Waals surface area contributed by atoms with Gasteiger partial charge in [-0.25, -0.2) is 4.98 Å². The molecule has 0 bridgehead atoms. The standard InChI is InChI=1S/C19H22N4/c1-13(12-20)2-5-17-6-3-16-10-14(4-7-18(16)23-17)15-8-9-22-19(21)11-15/h3-4,6-11,13H,2,5,12,20H2,1H3,(H2,21,22). The summed E-state index contributed by atoms with van der Waals surface area (Å²) in [5, 5.41) is 1.13. The Labute approximate surface area is 136 Å². The minimum absolute atomic E-state index is 0.532. The first-order chi connectivity index (χ1) is 11.2. The molecule has 0 aliphatic carbocycles. The first-order valence-corrected chi connectivity index (χ1v) is 7.97. The molecule has 3 aromatic rings. The number of hydrogen-bond acceptors (Lipinski definition) is 4. The van der Waals surface area contributed by atoms with Crippen molar-refractivity contribution in [2.75, 3.05) is 12.3 Å². The summed E-state index contributed by atoms with van der Waals surface area (Å²) in [6, 6.07) is 14.4. The van der Waals surface area contributed by atoms with Crippen molar-refractivity contribution in [1.82, 2.24) is 9.97 Å². The van der Waals surface area contributed by atoms with Crippen LogP contribution in [0.1, 0.15) is 19.0 Å². The zero-order valence-corrected chi connectivity index (χ0v) is 13.4. The highest BCUT2D eigenvalue weighted by molar-refractivity contribution is 5.84. The maximum absolute atomic E-state index is 5.77. The Bertz CT molecular complexity index is 813. The van der Waals surface area contributed by atoms with Gasteiger partial charge in [-0.05, 0) is 66.8 Å². The first-order valence-electron chi connectivity index (χ1n) is 7.97. The van der Waals surface area contributed by atoms with Crippen LogP contribution in [0.4, 0.5) is 5.82 Å². The predicted octanol–water partition coefficient (Wildman–Crippen LogP) is 3.41. The first kappa shape index (κ1) is 15.4. The molecule has 1 atom stereocenters. The van der Waals surface area contributed by atoms with Crippen LogP contribution in [0.3, 0.4) is 0 Å². The van der Waals surface area contributed by atoms with Crippen molar-refractivity contribution in [2.24, 2.45) is 11.7 Å². The van der Waals surface area contributed by atoms with Gasteiger partial charge in [0.15, 0.2) is 0 Å². The Kier molecular flexibility index (Phi) is 4.53. The van der Waals surface area contributed by atoms with Crippen LogP contribution in [0.25, 0.3) is 22.0 Å². The van der Waals surface area contributed by atoms with Gasteiger partial charge in [-0.3, -0.25) is 4.98 Å². The third-order valence-corrected chi connectivity index (χ3v) is 4.16. The van der Waals surface area contributed by atoms with Crippen molar-refractivity contribution < 1.29 is 0 Å². The minimum atomic E-state index is 0.532. The molecule has 0 spiro atoms. The van der Waals surface area contributed by atoms with E-state index in [-0.39, 0.29) is 0 Å². The van der Waals surface area contributed by atoms with Crippen LogP contribution in [-0.4, -0.2) is 16.5 Å². The molecule has 0 saturated carbocycles. The number of aryl methyl sites for hydroxylation is 1. The van der Waals surface area contributed by atoms with E-state index in [2.05, 4.69) is 42.2 Å². The molecule has 0 fully saturated rings. The largest absolute Gasteiger partial charge is 0.384 e. The number of fused-ring (bicyclic) bond motifs is 1. The summed E-state index contributed by atoms with van der Waals surface area (Å²) in [7, 11) is 0. The summed E-state index contributed by atoms with van der Waals surface area (Å²) in [4.78, 5) is 8.79. The lowest BCUT2D eigenvalue weighted by atomic mass is 10.0. The maximum atomic E-state index is 5.77. The summed E-state index contributed by atoms with van der Waals surface area (Å²) < 4.78 is 0. The van der Waals surface area contributed by atoms with Gasteiger partial charge in [-0.15, -0.1) is 0 Å². The fourth-order valence-electron chi connectivity index (χ4n) is 2.63. The van der Waals surface area contributed by atoms with Crippen molar-refractivity contribution in [3.8, 4) is 11.1 Å². The average Bonchev–Trinajstić information content (AvgIpc) is 2.59. The van der Waals surface area contributed by atoms with Gasteiger partial charge >= 0.3 is 0 Å². The Morgan fingerprint density at radius 3 is 2.65 bits per heavy atom. The fourth-order valence-corrected chi connectivity index (χ4v) is 2.63. The number of nitrogens with zero attached hydrogens (tertiary/aromatic N) is 2. The van der Waals surface area contributed by atoms with E-state index in [1.807, 2.05) is 12.1 Å². The number of aromatic nitrogens is 2. The molecule has 0 amide bonds. The fraction of sp³-hybridized carbons (Fsp3) is 0.263. The van der Waals surface area contributed by atoms with Gasteiger partial charge < -0.3 is 11.5 Å². The highest BCUT2D eigenvalue weighted by Gasteiger charge is 2.05. The zero-order chi connectivity index (χ0) is 16.2. The minimum Gasteiger partial charge on any atom is -0.384 e. The molecular weight excluding hydrogens is 284 g/mol. The summed E-state index contributed by atoms with van der Waals surface area (Å²) in [5.41, 5.74) is 15.8. The molecule has 0 aliphatic rings. The van der Waals surface area contributed by atoms with Crippen LogP contribution in [0.5, 0.6) is 0 Å². The van der Waals surface area contributed by atoms with E-state index >= 15 is 0 Å². The van der Waals surface area contributed by atoms with Gasteiger partial charge in [0.1, 0.15) is 5.82 Å². The number of hydrogen-bond donors (Lipinski definition) is 2. The lowest BCUT2D eigenvalue weighted by Crippen LogP contribution is -2.11. The smallest absolute Gasteiger partial charge is 0.123 e. The molecular formula is C19H22N4. The van der Waals surface area contributed by atoms with E-state index in [1.54, 1.807) is 6.20 Å². The molecule has 0 saturated heterocycles. The van der Waals surface area contributed by atoms with E-state index in [9.17, 15) is 0 Å². The molecule has 1 aromatic carbocycles. The number of benzene rings is 1. The SMILES string of the molecule is CC(CN)CCc1ccc2cc(-c3ccnc(N)c3)ccc2n1. The van der Waals surface area contributed by atoms with Crippen molar-refractivity contribution in [2.45, 2.75) is 19.8 Å². The van der Waals surface area contributed by atoms with E-state index in [0.717, 1.165) is 47.1 Å². The van der Waals surface area contributed by atoms with Crippen molar-refractivity contribution >= 4 is 16.7 Å². The Morgan fingerprint density at radius 1 is 1.04 bits per heavy atom. The van der Waals surface area contributed by atoms with Gasteiger partial charge in [0.2, 0.25) is 0 Å². The second-order valence-electron chi connectivity index (χ2n) is 6.06. The molecule has 0 aliphatic heterocycles. The average molecular weight is 306 g/mol. The lowest BCUT2D eigenvalue weighted by Gasteiger charge is -2.09. The highest BCUT2D eigenvalue weighted by atomic mass is 14.8. The topological polar surface area (TPSA) is 77.8 Å². The monoisotopic (exact) mass is 306 g/mol. The number of pyridine rings is 2. The molecule has 0 radical (unpaired) electrons. The van der Waals surface area contributed by atoms with Crippen LogP contribution >= 0.6 is 0 Å². The molecule has 2 heterocycles. The third kappa shape index (κ3) is 3.66. The maximum Gasteiger partial charge on any atom is 0.123 e. The zero-order valence-electron chi connectivity index (χ0n) is 13.4. The van der Waals surface area contributed by atoms with Gasteiger partial charge in [-0.2, -0.15) is 0 Å². The Balaban J connectivity index is 1.87. The van der Waals surface area contributed by atoms with Crippen LogP contribution in [0, 0.1) is 5.92 Å². The summed E-state index contributed by atoms with van der Waals surface area (Å²) in [6.45, 7) is 2.90. The van der Waals surface area contributed by atoms with Crippen LogP contribution < -0.4 is 11.5 Å². The second-order valence-corrected chi connectivity index (χ2v) is 6.06.